The predicted octanol–water partition coefficient (Wildman–Crippen LogP) is 2.68. The van der Waals surface area contributed by atoms with Gasteiger partial charge in [0.15, 0.2) is 10.9 Å². The summed E-state index contributed by atoms with van der Waals surface area (Å²) in [4.78, 5) is 12.1. The molecule has 0 fully saturated rings. The van der Waals surface area contributed by atoms with Crippen LogP contribution in [0.2, 0.25) is 5.15 Å². The number of nitrogens with zero attached hydrogens (tertiary/aromatic N) is 3. The van der Waals surface area contributed by atoms with Crippen LogP contribution in [-0.4, -0.2) is 22.1 Å². The second-order valence-electron chi connectivity index (χ2n) is 2.77. The van der Waals surface area contributed by atoms with Crippen molar-refractivity contribution in [2.45, 2.75) is 10.1 Å². The van der Waals surface area contributed by atoms with Crippen LogP contribution in [0.5, 0.6) is 5.75 Å². The number of methoxy groups -OCH3 is 1. The molecule has 0 unspecified atom stereocenters. The molecule has 2 heterocycles. The molecule has 0 saturated heterocycles. The van der Waals surface area contributed by atoms with Gasteiger partial charge >= 0.3 is 0 Å². The smallest absolute Gasteiger partial charge is 0.188 e. The van der Waals surface area contributed by atoms with Gasteiger partial charge in [0.25, 0.3) is 0 Å². The highest BCUT2D eigenvalue weighted by Gasteiger charge is 2.11. The van der Waals surface area contributed by atoms with E-state index in [1.165, 1.54) is 25.2 Å². The number of pyridine rings is 1. The van der Waals surface area contributed by atoms with Crippen molar-refractivity contribution < 1.29 is 4.74 Å². The Balaban J connectivity index is 2.31. The average molecular weight is 254 g/mol. The van der Waals surface area contributed by atoms with Crippen molar-refractivity contribution in [2.24, 2.45) is 0 Å². The van der Waals surface area contributed by atoms with Crippen LogP contribution < -0.4 is 4.74 Å². The quantitative estimate of drug-likeness (QED) is 0.787. The second kappa shape index (κ2) is 5.14. The van der Waals surface area contributed by atoms with Crippen LogP contribution >= 0.6 is 23.4 Å². The topological polar surface area (TPSA) is 47.9 Å². The number of rotatable bonds is 3. The molecule has 0 aliphatic carbocycles. The van der Waals surface area contributed by atoms with Crippen LogP contribution in [0.15, 0.2) is 40.8 Å². The van der Waals surface area contributed by atoms with Crippen LogP contribution in [-0.2, 0) is 0 Å². The summed E-state index contributed by atoms with van der Waals surface area (Å²) < 4.78 is 5.14. The molecule has 2 rings (SSSR count). The molecule has 0 aliphatic rings. The van der Waals surface area contributed by atoms with Gasteiger partial charge in [-0.1, -0.05) is 17.7 Å². The van der Waals surface area contributed by atoms with Gasteiger partial charge < -0.3 is 4.74 Å². The van der Waals surface area contributed by atoms with E-state index in [0.717, 1.165) is 5.03 Å². The molecule has 0 radical (unpaired) electrons. The van der Waals surface area contributed by atoms with Gasteiger partial charge in [0.05, 0.1) is 7.11 Å². The summed E-state index contributed by atoms with van der Waals surface area (Å²) in [5, 5.41) is 1.78. The summed E-state index contributed by atoms with van der Waals surface area (Å²) in [6.45, 7) is 0. The lowest BCUT2D eigenvalue weighted by atomic mass is 10.5. The molecule has 0 aromatic carbocycles. The molecule has 0 spiro atoms. The molecule has 2 aromatic rings. The van der Waals surface area contributed by atoms with E-state index in [-0.39, 0.29) is 0 Å². The Hall–Kier alpha value is -1.33. The highest BCUT2D eigenvalue weighted by atomic mass is 35.5. The SMILES string of the molecule is COc1c(Cl)ncnc1Sc1ccccn1. The summed E-state index contributed by atoms with van der Waals surface area (Å²) in [5.74, 6) is 0.472. The number of hydrogen-bond donors (Lipinski definition) is 0. The first kappa shape index (κ1) is 11.2. The highest BCUT2D eigenvalue weighted by Crippen LogP contribution is 2.35. The Morgan fingerprint density at radius 1 is 1.25 bits per heavy atom. The van der Waals surface area contributed by atoms with Crippen molar-refractivity contribution in [1.29, 1.82) is 0 Å². The van der Waals surface area contributed by atoms with Gasteiger partial charge in [0.1, 0.15) is 16.4 Å². The largest absolute Gasteiger partial charge is 0.491 e. The first-order chi connectivity index (χ1) is 7.81. The van der Waals surface area contributed by atoms with Crippen LogP contribution in [0.3, 0.4) is 0 Å². The molecule has 6 heteroatoms. The van der Waals surface area contributed by atoms with E-state index in [2.05, 4.69) is 15.0 Å². The van der Waals surface area contributed by atoms with Gasteiger partial charge in [-0.05, 0) is 23.9 Å². The van der Waals surface area contributed by atoms with Crippen LogP contribution in [0.25, 0.3) is 0 Å². The minimum Gasteiger partial charge on any atom is -0.491 e. The lowest BCUT2D eigenvalue weighted by molar-refractivity contribution is 0.398. The highest BCUT2D eigenvalue weighted by molar-refractivity contribution is 7.99. The fourth-order valence-electron chi connectivity index (χ4n) is 1.09. The van der Waals surface area contributed by atoms with E-state index in [0.29, 0.717) is 15.9 Å². The lowest BCUT2D eigenvalue weighted by Gasteiger charge is -2.06. The molecular weight excluding hydrogens is 246 g/mol. The zero-order chi connectivity index (χ0) is 11.4. The number of halogens is 1. The maximum Gasteiger partial charge on any atom is 0.188 e. The van der Waals surface area contributed by atoms with Crippen molar-refractivity contribution in [1.82, 2.24) is 15.0 Å². The molecule has 0 saturated carbocycles. The number of hydrogen-bond acceptors (Lipinski definition) is 5. The molecule has 0 amide bonds. The van der Waals surface area contributed by atoms with Gasteiger partial charge in [-0.3, -0.25) is 0 Å². The van der Waals surface area contributed by atoms with Crippen molar-refractivity contribution >= 4 is 23.4 Å². The van der Waals surface area contributed by atoms with Crippen molar-refractivity contribution in [3.63, 3.8) is 0 Å². The molecule has 2 aromatic heterocycles. The third-order valence-electron chi connectivity index (χ3n) is 1.77. The van der Waals surface area contributed by atoms with Crippen LogP contribution in [0.1, 0.15) is 0 Å². The first-order valence-corrected chi connectivity index (χ1v) is 5.64. The predicted molar refractivity (Wildman–Crippen MR) is 62.0 cm³/mol. The Kier molecular flexibility index (Phi) is 3.58. The minimum atomic E-state index is 0.302. The van der Waals surface area contributed by atoms with E-state index >= 15 is 0 Å². The van der Waals surface area contributed by atoms with Gasteiger partial charge in [0.2, 0.25) is 0 Å². The molecule has 4 nitrogen and oxygen atoms in total. The summed E-state index contributed by atoms with van der Waals surface area (Å²) in [7, 11) is 1.53. The molecule has 0 bridgehead atoms. The summed E-state index contributed by atoms with van der Waals surface area (Å²) in [5.41, 5.74) is 0. The maximum absolute atomic E-state index is 5.89. The van der Waals surface area contributed by atoms with Crippen molar-refractivity contribution in [3.05, 3.63) is 35.9 Å². The third-order valence-corrected chi connectivity index (χ3v) is 2.97. The molecule has 0 atom stereocenters. The Morgan fingerprint density at radius 2 is 2.12 bits per heavy atom. The monoisotopic (exact) mass is 253 g/mol. The molecule has 0 aliphatic heterocycles. The Labute approximate surface area is 102 Å². The zero-order valence-electron chi connectivity index (χ0n) is 8.42. The van der Waals surface area contributed by atoms with Gasteiger partial charge in [0, 0.05) is 6.20 Å². The van der Waals surface area contributed by atoms with E-state index in [1.807, 2.05) is 18.2 Å². The van der Waals surface area contributed by atoms with E-state index in [4.69, 9.17) is 16.3 Å². The fraction of sp³-hybridized carbons (Fsp3) is 0.100. The molecule has 0 N–H and O–H groups in total. The molecule has 82 valence electrons. The molecule has 16 heavy (non-hydrogen) atoms. The summed E-state index contributed by atoms with van der Waals surface area (Å²) in [6.07, 6.45) is 3.12. The van der Waals surface area contributed by atoms with Gasteiger partial charge in [-0.25, -0.2) is 15.0 Å². The first-order valence-electron chi connectivity index (χ1n) is 4.44. The Bertz CT molecular complexity index is 481. The average Bonchev–Trinajstić information content (AvgIpc) is 2.31. The Morgan fingerprint density at radius 3 is 2.81 bits per heavy atom. The van der Waals surface area contributed by atoms with Crippen LogP contribution in [0, 0.1) is 0 Å². The molecular formula is C10H8ClN3OS. The van der Waals surface area contributed by atoms with E-state index in [9.17, 15) is 0 Å². The van der Waals surface area contributed by atoms with Gasteiger partial charge in [-0.2, -0.15) is 0 Å². The van der Waals surface area contributed by atoms with E-state index in [1.54, 1.807) is 6.20 Å². The third kappa shape index (κ3) is 2.43. The normalized spacial score (nSPS) is 10.1. The summed E-state index contributed by atoms with van der Waals surface area (Å²) in [6, 6.07) is 5.65. The van der Waals surface area contributed by atoms with Crippen molar-refractivity contribution in [3.8, 4) is 5.75 Å². The lowest BCUT2D eigenvalue weighted by Crippen LogP contribution is -1.93. The summed E-state index contributed by atoms with van der Waals surface area (Å²) >= 11 is 7.27. The second-order valence-corrected chi connectivity index (χ2v) is 4.14. The number of ether oxygens (including phenoxy) is 1. The number of aromatic nitrogens is 3. The van der Waals surface area contributed by atoms with E-state index < -0.39 is 0 Å². The minimum absolute atomic E-state index is 0.302. The fourth-order valence-corrected chi connectivity index (χ4v) is 2.19. The zero-order valence-corrected chi connectivity index (χ0v) is 10.00. The maximum atomic E-state index is 5.89. The van der Waals surface area contributed by atoms with Gasteiger partial charge in [-0.15, -0.1) is 0 Å². The van der Waals surface area contributed by atoms with Crippen LogP contribution in [0.4, 0.5) is 0 Å². The van der Waals surface area contributed by atoms with Crippen molar-refractivity contribution in [2.75, 3.05) is 7.11 Å². The standard InChI is InChI=1S/C10H8ClN3OS/c1-15-8-9(11)13-6-14-10(8)16-7-4-2-3-5-12-7/h2-6H,1H3.